The van der Waals surface area contributed by atoms with E-state index in [2.05, 4.69) is 10.4 Å². The molecule has 1 aliphatic rings. The van der Waals surface area contributed by atoms with E-state index >= 15 is 0 Å². The number of thiophene rings is 1. The number of aromatic nitrogens is 2. The van der Waals surface area contributed by atoms with Crippen molar-refractivity contribution < 1.29 is 9.53 Å². The largest absolute Gasteiger partial charge is 0.465 e. The molecule has 1 N–H and O–H groups in total. The topological polar surface area (TPSA) is 56.1 Å². The van der Waals surface area contributed by atoms with Crippen molar-refractivity contribution in [1.29, 1.82) is 0 Å². The second kappa shape index (κ2) is 6.80. The lowest BCUT2D eigenvalue weighted by Crippen LogP contribution is -2.20. The fraction of sp³-hybridized carbons (Fsp3) is 0.438. The summed E-state index contributed by atoms with van der Waals surface area (Å²) in [6.45, 7) is 1.96. The van der Waals surface area contributed by atoms with Gasteiger partial charge in [-0.05, 0) is 56.0 Å². The van der Waals surface area contributed by atoms with Gasteiger partial charge in [-0.25, -0.2) is 9.48 Å². The number of aryl methyl sites for hydroxylation is 2. The van der Waals surface area contributed by atoms with Gasteiger partial charge in [0.2, 0.25) is 0 Å². The van der Waals surface area contributed by atoms with E-state index in [0.29, 0.717) is 10.7 Å². The maximum Gasteiger partial charge on any atom is 0.341 e. The summed E-state index contributed by atoms with van der Waals surface area (Å²) in [5, 5.41) is 8.61. The molecule has 0 saturated carbocycles. The van der Waals surface area contributed by atoms with Gasteiger partial charge in [0, 0.05) is 11.1 Å². The Morgan fingerprint density at radius 1 is 1.39 bits per heavy atom. The minimum Gasteiger partial charge on any atom is -0.465 e. The fourth-order valence-corrected chi connectivity index (χ4v) is 4.37. The number of esters is 1. The Balaban J connectivity index is 1.94. The van der Waals surface area contributed by atoms with E-state index < -0.39 is 0 Å². The zero-order valence-corrected chi connectivity index (χ0v) is 14.9. The molecule has 122 valence electrons. The summed E-state index contributed by atoms with van der Waals surface area (Å²) in [5.41, 5.74) is 2.80. The third-order valence-corrected chi connectivity index (χ3v) is 5.45. The smallest absolute Gasteiger partial charge is 0.341 e. The first-order valence-electron chi connectivity index (χ1n) is 7.65. The summed E-state index contributed by atoms with van der Waals surface area (Å²) in [4.78, 5) is 13.5. The molecule has 0 aromatic carbocycles. The average molecular weight is 349 g/mol. The maximum absolute atomic E-state index is 12.3. The highest BCUT2D eigenvalue weighted by Crippen LogP contribution is 2.38. The maximum atomic E-state index is 12.3. The number of nitrogens with one attached hydrogen (secondary N) is 1. The van der Waals surface area contributed by atoms with Gasteiger partial charge in [-0.1, -0.05) is 6.42 Å². The third-order valence-electron chi connectivity index (χ3n) is 3.95. The third kappa shape index (κ3) is 3.30. The van der Waals surface area contributed by atoms with Crippen LogP contribution in [-0.2, 0) is 17.6 Å². The number of nitrogens with zero attached hydrogens (tertiary/aromatic N) is 2. The molecule has 0 fully saturated rings. The number of thiocarbonyl (C=S) groups is 1. The number of hydrogen-bond acceptors (Lipinski definition) is 5. The molecule has 2 aromatic rings. The van der Waals surface area contributed by atoms with Crippen LogP contribution in [0.2, 0.25) is 0 Å². The minimum absolute atomic E-state index is 0.300. The summed E-state index contributed by atoms with van der Waals surface area (Å²) in [6, 6.07) is 0. The first-order chi connectivity index (χ1) is 11.1. The predicted molar refractivity (Wildman–Crippen MR) is 95.5 cm³/mol. The molecule has 1 aliphatic carbocycles. The first-order valence-corrected chi connectivity index (χ1v) is 8.88. The normalized spacial score (nSPS) is 14.0. The number of methoxy groups -OCH3 is 1. The lowest BCUT2D eigenvalue weighted by Gasteiger charge is -2.09. The van der Waals surface area contributed by atoms with Gasteiger partial charge in [0.15, 0.2) is 5.11 Å². The van der Waals surface area contributed by atoms with E-state index in [9.17, 15) is 4.79 Å². The van der Waals surface area contributed by atoms with Crippen molar-refractivity contribution in [3.8, 4) is 0 Å². The molecule has 0 aliphatic heterocycles. The highest BCUT2D eigenvalue weighted by molar-refractivity contribution is 7.80. The van der Waals surface area contributed by atoms with Crippen LogP contribution in [0.25, 0.3) is 0 Å². The molecule has 23 heavy (non-hydrogen) atoms. The fourth-order valence-electron chi connectivity index (χ4n) is 2.83. The van der Waals surface area contributed by atoms with Crippen LogP contribution in [0.5, 0.6) is 0 Å². The number of carbonyl (C=O) groups is 1. The van der Waals surface area contributed by atoms with E-state index in [1.807, 2.05) is 13.1 Å². The molecule has 0 atom stereocenters. The molecule has 0 unspecified atom stereocenters. The van der Waals surface area contributed by atoms with Gasteiger partial charge in [-0.15, -0.1) is 11.3 Å². The second-order valence-corrected chi connectivity index (χ2v) is 7.14. The molecule has 2 heterocycles. The minimum atomic E-state index is -0.300. The zero-order valence-electron chi connectivity index (χ0n) is 13.2. The summed E-state index contributed by atoms with van der Waals surface area (Å²) >= 11 is 7.02. The number of hydrogen-bond donors (Lipinski definition) is 1. The Labute approximate surface area is 144 Å². The van der Waals surface area contributed by atoms with Crippen LogP contribution in [-0.4, -0.2) is 28.0 Å². The van der Waals surface area contributed by atoms with Crippen LogP contribution >= 0.6 is 23.6 Å². The van der Waals surface area contributed by atoms with Gasteiger partial charge in [-0.2, -0.15) is 5.10 Å². The van der Waals surface area contributed by atoms with Crippen LogP contribution in [0.4, 0.5) is 5.00 Å². The van der Waals surface area contributed by atoms with E-state index in [-0.39, 0.29) is 5.97 Å². The Morgan fingerprint density at radius 2 is 2.17 bits per heavy atom. The zero-order chi connectivity index (χ0) is 16.4. The molecule has 7 heteroatoms. The van der Waals surface area contributed by atoms with Crippen LogP contribution in [0.3, 0.4) is 0 Å². The molecular formula is C16H19N3O2S2. The van der Waals surface area contributed by atoms with Crippen molar-refractivity contribution in [2.75, 3.05) is 12.4 Å². The monoisotopic (exact) mass is 349 g/mol. The number of rotatable bonds is 2. The van der Waals surface area contributed by atoms with Gasteiger partial charge in [0.05, 0.1) is 18.9 Å². The lowest BCUT2D eigenvalue weighted by molar-refractivity contribution is 0.0601. The summed E-state index contributed by atoms with van der Waals surface area (Å²) in [6.07, 6.45) is 9.01. The summed E-state index contributed by atoms with van der Waals surface area (Å²) in [5.74, 6) is -0.300. The lowest BCUT2D eigenvalue weighted by atomic mass is 10.1. The van der Waals surface area contributed by atoms with Crippen LogP contribution in [0.15, 0.2) is 12.4 Å². The molecule has 0 amide bonds. The first kappa shape index (κ1) is 16.1. The van der Waals surface area contributed by atoms with Crippen molar-refractivity contribution in [3.05, 3.63) is 34.0 Å². The number of ether oxygens (including phenoxy) is 1. The molecule has 0 spiro atoms. The molecule has 0 saturated heterocycles. The van der Waals surface area contributed by atoms with Crippen molar-refractivity contribution >= 4 is 39.6 Å². The van der Waals surface area contributed by atoms with Gasteiger partial charge < -0.3 is 10.1 Å². The van der Waals surface area contributed by atoms with Gasteiger partial charge in [0.1, 0.15) is 5.00 Å². The van der Waals surface area contributed by atoms with E-state index in [1.165, 1.54) is 18.4 Å². The standard InChI is InChI=1S/C16H19N3O2S2/c1-10-8-17-19(9-10)16(22)18-14-13(15(20)21-2)11-6-4-3-5-7-12(11)23-14/h8-9H,3-7H2,1-2H3,(H,18,22). The average Bonchev–Trinajstić information content (AvgIpc) is 3.03. The number of fused-ring (bicyclic) bond motifs is 1. The van der Waals surface area contributed by atoms with Gasteiger partial charge in [-0.3, -0.25) is 0 Å². The Morgan fingerprint density at radius 3 is 2.87 bits per heavy atom. The Bertz CT molecular complexity index is 749. The van der Waals surface area contributed by atoms with Crippen molar-refractivity contribution in [2.45, 2.75) is 39.0 Å². The molecular weight excluding hydrogens is 330 g/mol. The van der Waals surface area contributed by atoms with E-state index in [1.54, 1.807) is 22.2 Å². The summed E-state index contributed by atoms with van der Waals surface area (Å²) in [7, 11) is 1.42. The Hall–Kier alpha value is -1.73. The quantitative estimate of drug-likeness (QED) is 0.510. The van der Waals surface area contributed by atoms with Crippen molar-refractivity contribution in [1.82, 2.24) is 9.78 Å². The van der Waals surface area contributed by atoms with Crippen LogP contribution < -0.4 is 5.32 Å². The van der Waals surface area contributed by atoms with E-state index in [4.69, 9.17) is 17.0 Å². The molecule has 0 bridgehead atoms. The van der Waals surface area contributed by atoms with Crippen molar-refractivity contribution in [2.24, 2.45) is 0 Å². The summed E-state index contributed by atoms with van der Waals surface area (Å²) < 4.78 is 6.60. The van der Waals surface area contributed by atoms with Gasteiger partial charge >= 0.3 is 5.97 Å². The van der Waals surface area contributed by atoms with Crippen LogP contribution in [0.1, 0.15) is 45.6 Å². The van der Waals surface area contributed by atoms with Gasteiger partial charge in [0.25, 0.3) is 0 Å². The number of anilines is 1. The highest BCUT2D eigenvalue weighted by atomic mass is 32.1. The van der Waals surface area contributed by atoms with Crippen LogP contribution in [0, 0.1) is 6.92 Å². The SMILES string of the molecule is COC(=O)c1c(NC(=S)n2cc(C)cn2)sc2c1CCCCC2. The van der Waals surface area contributed by atoms with E-state index in [0.717, 1.165) is 41.8 Å². The molecule has 3 rings (SSSR count). The predicted octanol–water partition coefficient (Wildman–Crippen LogP) is 3.55. The molecule has 2 aromatic heterocycles. The highest BCUT2D eigenvalue weighted by Gasteiger charge is 2.26. The van der Waals surface area contributed by atoms with Crippen molar-refractivity contribution in [3.63, 3.8) is 0 Å². The molecule has 5 nitrogen and oxygen atoms in total. The number of carbonyl (C=O) groups excluding carboxylic acids is 1. The Kier molecular flexibility index (Phi) is 4.77. The molecule has 0 radical (unpaired) electrons. The second-order valence-electron chi connectivity index (χ2n) is 5.65.